The van der Waals surface area contributed by atoms with Crippen LogP contribution >= 0.6 is 0 Å². The Balaban J connectivity index is 1.26. The maximum Gasteiger partial charge on any atom is 0.317 e. The van der Waals surface area contributed by atoms with Gasteiger partial charge in [0.1, 0.15) is 11.6 Å². The van der Waals surface area contributed by atoms with E-state index in [1.165, 1.54) is 5.56 Å². The Morgan fingerprint density at radius 1 is 1.36 bits per heavy atom. The zero-order valence-electron chi connectivity index (χ0n) is 16.4. The maximum atomic E-state index is 12.6. The fraction of sp³-hybridized carbons (Fsp3) is 0.429. The Bertz CT molecular complexity index is 926. The molecule has 1 saturated heterocycles. The number of carbonyl (C=O) groups excluding carboxylic acids is 1. The van der Waals surface area contributed by atoms with E-state index in [9.17, 15) is 4.79 Å². The molecule has 7 nitrogen and oxygen atoms in total. The molecule has 28 heavy (non-hydrogen) atoms. The summed E-state index contributed by atoms with van der Waals surface area (Å²) < 4.78 is 5.42. The number of H-pyrrole nitrogens is 1. The van der Waals surface area contributed by atoms with Gasteiger partial charge in [0.15, 0.2) is 0 Å². The second-order valence-corrected chi connectivity index (χ2v) is 7.64. The lowest BCUT2D eigenvalue weighted by atomic mass is 10.1. The van der Waals surface area contributed by atoms with E-state index in [2.05, 4.69) is 33.2 Å². The van der Waals surface area contributed by atoms with Crippen molar-refractivity contribution in [3.63, 3.8) is 0 Å². The van der Waals surface area contributed by atoms with E-state index in [0.717, 1.165) is 55.1 Å². The maximum absolute atomic E-state index is 12.6. The molecule has 4 rings (SSSR count). The van der Waals surface area contributed by atoms with Gasteiger partial charge in [-0.15, -0.1) is 0 Å². The van der Waals surface area contributed by atoms with Crippen molar-refractivity contribution in [2.75, 3.05) is 20.1 Å². The number of rotatable bonds is 5. The normalized spacial score (nSPS) is 15.8. The molecule has 1 aromatic carbocycles. The van der Waals surface area contributed by atoms with Crippen molar-refractivity contribution in [2.24, 2.45) is 0 Å². The summed E-state index contributed by atoms with van der Waals surface area (Å²) in [5.41, 5.74) is 3.12. The summed E-state index contributed by atoms with van der Waals surface area (Å²) in [6.45, 7) is 5.26. The molecule has 7 heteroatoms. The molecular weight excluding hydrogens is 354 g/mol. The second-order valence-electron chi connectivity index (χ2n) is 7.64. The number of carbonyl (C=O) groups is 1. The van der Waals surface area contributed by atoms with E-state index in [0.29, 0.717) is 6.54 Å². The van der Waals surface area contributed by atoms with Crippen LogP contribution in [0.25, 0.3) is 11.0 Å². The van der Waals surface area contributed by atoms with E-state index in [-0.39, 0.29) is 12.1 Å². The predicted molar refractivity (Wildman–Crippen MR) is 108 cm³/mol. The number of nitrogens with one attached hydrogen (secondary N) is 2. The Morgan fingerprint density at radius 3 is 2.93 bits per heavy atom. The Hall–Kier alpha value is -2.80. The number of likely N-dealkylation sites (tertiary alicyclic amines) is 1. The fourth-order valence-electron chi connectivity index (χ4n) is 3.69. The first-order chi connectivity index (χ1) is 13.6. The van der Waals surface area contributed by atoms with E-state index in [1.54, 1.807) is 18.2 Å². The molecule has 1 fully saturated rings. The molecule has 0 bridgehead atoms. The molecule has 3 heterocycles. The predicted octanol–water partition coefficient (Wildman–Crippen LogP) is 3.27. The van der Waals surface area contributed by atoms with Gasteiger partial charge >= 0.3 is 6.03 Å². The Morgan fingerprint density at radius 2 is 2.18 bits per heavy atom. The van der Waals surface area contributed by atoms with Crippen molar-refractivity contribution in [2.45, 2.75) is 38.9 Å². The van der Waals surface area contributed by atoms with Gasteiger partial charge in [0, 0.05) is 26.2 Å². The topological polar surface area (TPSA) is 77.4 Å². The standard InChI is InChI=1S/C21H27N5O2/c1-15-5-6-18-19(12-15)24-20(23-18)14-25(2)21(27)22-16-7-9-26(10-8-16)13-17-4-3-11-28-17/h3-6,11-12,16H,7-10,13-14H2,1-2H3,(H,22,27)(H,23,24). The van der Waals surface area contributed by atoms with Gasteiger partial charge in [-0.2, -0.15) is 0 Å². The first-order valence-corrected chi connectivity index (χ1v) is 9.78. The average Bonchev–Trinajstić information content (AvgIpc) is 3.32. The lowest BCUT2D eigenvalue weighted by Crippen LogP contribution is -2.48. The van der Waals surface area contributed by atoms with Gasteiger partial charge in [-0.1, -0.05) is 6.07 Å². The molecule has 2 aromatic heterocycles. The van der Waals surface area contributed by atoms with Gasteiger partial charge in [0.05, 0.1) is 30.4 Å². The molecule has 0 atom stereocenters. The molecule has 0 spiro atoms. The third kappa shape index (κ3) is 4.36. The summed E-state index contributed by atoms with van der Waals surface area (Å²) >= 11 is 0. The van der Waals surface area contributed by atoms with Crippen molar-refractivity contribution < 1.29 is 9.21 Å². The smallest absolute Gasteiger partial charge is 0.317 e. The minimum Gasteiger partial charge on any atom is -0.468 e. The van der Waals surface area contributed by atoms with Gasteiger partial charge in [-0.3, -0.25) is 4.90 Å². The number of fused-ring (bicyclic) bond motifs is 1. The molecular formula is C21H27N5O2. The highest BCUT2D eigenvalue weighted by atomic mass is 16.3. The molecule has 1 aliphatic heterocycles. The summed E-state index contributed by atoms with van der Waals surface area (Å²) in [6.07, 6.45) is 3.61. The molecule has 0 unspecified atom stereocenters. The molecule has 2 amide bonds. The number of nitrogens with zero attached hydrogens (tertiary/aromatic N) is 3. The minimum atomic E-state index is -0.0545. The van der Waals surface area contributed by atoms with Crippen molar-refractivity contribution in [3.8, 4) is 0 Å². The van der Waals surface area contributed by atoms with Crippen LogP contribution in [0, 0.1) is 6.92 Å². The highest BCUT2D eigenvalue weighted by Crippen LogP contribution is 2.16. The molecule has 1 aliphatic rings. The molecule has 0 aliphatic carbocycles. The van der Waals surface area contributed by atoms with E-state index in [4.69, 9.17) is 4.42 Å². The van der Waals surface area contributed by atoms with Crippen LogP contribution in [0.5, 0.6) is 0 Å². The van der Waals surface area contributed by atoms with Gasteiger partial charge in [-0.05, 0) is 49.6 Å². The quantitative estimate of drug-likeness (QED) is 0.711. The number of aryl methyl sites for hydroxylation is 1. The number of benzene rings is 1. The van der Waals surface area contributed by atoms with Crippen LogP contribution in [0.3, 0.4) is 0 Å². The molecule has 0 radical (unpaired) electrons. The van der Waals surface area contributed by atoms with E-state index in [1.807, 2.05) is 24.3 Å². The summed E-state index contributed by atoms with van der Waals surface area (Å²) in [5.74, 6) is 1.79. The number of furan rings is 1. The number of aromatic amines is 1. The number of piperidine rings is 1. The van der Waals surface area contributed by atoms with Crippen LogP contribution < -0.4 is 5.32 Å². The number of imidazole rings is 1. The molecule has 148 valence electrons. The van der Waals surface area contributed by atoms with E-state index < -0.39 is 0 Å². The van der Waals surface area contributed by atoms with Crippen LogP contribution in [-0.4, -0.2) is 52.0 Å². The molecule has 2 N–H and O–H groups in total. The summed E-state index contributed by atoms with van der Waals surface area (Å²) in [5, 5.41) is 3.16. The lowest BCUT2D eigenvalue weighted by Gasteiger charge is -2.32. The number of hydrogen-bond donors (Lipinski definition) is 2. The monoisotopic (exact) mass is 381 g/mol. The number of amides is 2. The first kappa shape index (κ1) is 18.6. The van der Waals surface area contributed by atoms with Crippen molar-refractivity contribution in [1.29, 1.82) is 0 Å². The van der Waals surface area contributed by atoms with Crippen LogP contribution in [0.1, 0.15) is 30.0 Å². The number of aromatic nitrogens is 2. The zero-order valence-corrected chi connectivity index (χ0v) is 16.4. The summed E-state index contributed by atoms with van der Waals surface area (Å²) in [6, 6.07) is 10.2. The van der Waals surface area contributed by atoms with Gasteiger partial charge in [-0.25, -0.2) is 9.78 Å². The van der Waals surface area contributed by atoms with E-state index >= 15 is 0 Å². The van der Waals surface area contributed by atoms with Gasteiger partial charge in [0.2, 0.25) is 0 Å². The third-order valence-corrected chi connectivity index (χ3v) is 5.29. The van der Waals surface area contributed by atoms with Crippen LogP contribution in [-0.2, 0) is 13.1 Å². The first-order valence-electron chi connectivity index (χ1n) is 9.78. The van der Waals surface area contributed by atoms with Gasteiger partial charge < -0.3 is 19.6 Å². The Labute approximate surface area is 164 Å². The second kappa shape index (κ2) is 8.06. The minimum absolute atomic E-state index is 0.0545. The number of hydrogen-bond acceptors (Lipinski definition) is 4. The van der Waals surface area contributed by atoms with Crippen molar-refractivity contribution in [3.05, 3.63) is 53.7 Å². The van der Waals surface area contributed by atoms with Crippen LogP contribution in [0.2, 0.25) is 0 Å². The SMILES string of the molecule is Cc1ccc2nc(CN(C)C(=O)NC3CCN(Cc4ccco4)CC3)[nH]c2c1. The highest BCUT2D eigenvalue weighted by molar-refractivity contribution is 5.76. The highest BCUT2D eigenvalue weighted by Gasteiger charge is 2.22. The molecule has 3 aromatic rings. The van der Waals surface area contributed by atoms with Gasteiger partial charge in [0.25, 0.3) is 0 Å². The van der Waals surface area contributed by atoms with Crippen molar-refractivity contribution in [1.82, 2.24) is 25.1 Å². The van der Waals surface area contributed by atoms with Crippen molar-refractivity contribution >= 4 is 17.1 Å². The summed E-state index contributed by atoms with van der Waals surface area (Å²) in [7, 11) is 1.81. The van der Waals surface area contributed by atoms with Crippen LogP contribution in [0.15, 0.2) is 41.0 Å². The number of urea groups is 1. The Kier molecular flexibility index (Phi) is 5.34. The fourth-order valence-corrected chi connectivity index (χ4v) is 3.69. The lowest BCUT2D eigenvalue weighted by molar-refractivity contribution is 0.166. The third-order valence-electron chi connectivity index (χ3n) is 5.29. The largest absolute Gasteiger partial charge is 0.468 e. The zero-order chi connectivity index (χ0) is 19.5. The molecule has 0 saturated carbocycles. The van der Waals surface area contributed by atoms with Crippen LogP contribution in [0.4, 0.5) is 4.79 Å². The summed E-state index contributed by atoms with van der Waals surface area (Å²) in [4.78, 5) is 24.5. The average molecular weight is 381 g/mol.